The zero-order valence-electron chi connectivity index (χ0n) is 10.5. The molecular weight excluding hydrogens is 262 g/mol. The number of hydrogen-bond acceptors (Lipinski definition) is 7. The number of nitrogens with zero attached hydrogens (tertiary/aromatic N) is 1. The van der Waals surface area contributed by atoms with Crippen LogP contribution >= 0.6 is 11.8 Å². The minimum Gasteiger partial charge on any atom is -0.389 e. The lowest BCUT2D eigenvalue weighted by Crippen LogP contribution is -2.57. The third-order valence-corrected chi connectivity index (χ3v) is 3.95. The zero-order valence-corrected chi connectivity index (χ0v) is 11.3. The van der Waals surface area contributed by atoms with Crippen molar-refractivity contribution in [3.05, 3.63) is 0 Å². The molecule has 0 aliphatic carbocycles. The maximum absolute atomic E-state index is 11.5. The van der Waals surface area contributed by atoms with E-state index in [2.05, 4.69) is 0 Å². The summed E-state index contributed by atoms with van der Waals surface area (Å²) in [7, 11) is 4.54. The van der Waals surface area contributed by atoms with Crippen LogP contribution in [0.2, 0.25) is 0 Å². The Morgan fingerprint density at radius 1 is 1.33 bits per heavy atom. The number of thioether (sulfide) groups is 1. The first-order valence-corrected chi connectivity index (χ1v) is 6.33. The minimum absolute atomic E-state index is 0.0499. The van der Waals surface area contributed by atoms with E-state index in [1.165, 1.54) is 12.0 Å². The smallest absolute Gasteiger partial charge is 0.281 e. The summed E-state index contributed by atoms with van der Waals surface area (Å²) in [6.07, 6.45) is -4.62. The molecule has 0 aromatic carbocycles. The summed E-state index contributed by atoms with van der Waals surface area (Å²) in [5, 5.41) is 28.2. The second-order valence-electron chi connectivity index (χ2n) is 4.24. The molecule has 0 spiro atoms. The van der Waals surface area contributed by atoms with Gasteiger partial charge in [0, 0.05) is 21.2 Å². The highest BCUT2D eigenvalue weighted by molar-refractivity contribution is 8.14. The minimum atomic E-state index is -1.34. The quantitative estimate of drug-likeness (QED) is 0.601. The molecule has 5 atom stereocenters. The number of aliphatic hydroxyl groups excluding tert-OH is 3. The van der Waals surface area contributed by atoms with Gasteiger partial charge in [-0.25, -0.2) is 0 Å². The van der Waals surface area contributed by atoms with Gasteiger partial charge in [0.2, 0.25) is 0 Å². The van der Waals surface area contributed by atoms with Gasteiger partial charge in [-0.15, -0.1) is 0 Å². The summed E-state index contributed by atoms with van der Waals surface area (Å²) < 4.78 is 9.95. The Bertz CT molecular complexity index is 290. The normalized spacial score (nSPS) is 36.4. The van der Waals surface area contributed by atoms with Crippen molar-refractivity contribution in [3.8, 4) is 0 Å². The van der Waals surface area contributed by atoms with Crippen molar-refractivity contribution in [3.63, 3.8) is 0 Å². The molecule has 8 heteroatoms. The van der Waals surface area contributed by atoms with E-state index in [-0.39, 0.29) is 11.8 Å². The molecular formula is C10H19NO6S. The third-order valence-electron chi connectivity index (χ3n) is 2.60. The van der Waals surface area contributed by atoms with Gasteiger partial charge in [0.15, 0.2) is 6.29 Å². The molecule has 1 amide bonds. The van der Waals surface area contributed by atoms with Crippen molar-refractivity contribution in [2.24, 2.45) is 0 Å². The molecule has 1 saturated heterocycles. The molecule has 18 heavy (non-hydrogen) atoms. The molecule has 1 aliphatic rings. The van der Waals surface area contributed by atoms with Crippen LogP contribution in [-0.2, 0) is 9.47 Å². The molecule has 1 rings (SSSR count). The molecule has 0 bridgehead atoms. The van der Waals surface area contributed by atoms with Crippen molar-refractivity contribution in [2.75, 3.05) is 27.8 Å². The lowest BCUT2D eigenvalue weighted by molar-refractivity contribution is -0.236. The van der Waals surface area contributed by atoms with E-state index in [1.54, 1.807) is 14.1 Å². The number of carbonyl (C=O) groups excluding carboxylic acids is 1. The van der Waals surface area contributed by atoms with Gasteiger partial charge in [0.25, 0.3) is 5.24 Å². The number of aliphatic hydroxyl groups is 3. The third kappa shape index (κ3) is 3.56. The fraction of sp³-hybridized carbons (Fsp3) is 0.900. The van der Waals surface area contributed by atoms with Crippen LogP contribution in [0.3, 0.4) is 0 Å². The van der Waals surface area contributed by atoms with Crippen LogP contribution in [0.15, 0.2) is 0 Å². The Labute approximate surface area is 110 Å². The zero-order chi connectivity index (χ0) is 13.9. The Hall–Kier alpha value is -0.380. The molecule has 0 saturated carbocycles. The Balaban J connectivity index is 2.68. The number of rotatable bonds is 3. The van der Waals surface area contributed by atoms with Gasteiger partial charge in [0.1, 0.15) is 12.2 Å². The molecule has 0 radical (unpaired) electrons. The summed E-state index contributed by atoms with van der Waals surface area (Å²) in [4.78, 5) is 12.8. The van der Waals surface area contributed by atoms with Crippen LogP contribution in [0.1, 0.15) is 0 Å². The molecule has 3 N–H and O–H groups in total. The van der Waals surface area contributed by atoms with Gasteiger partial charge in [-0.3, -0.25) is 4.79 Å². The van der Waals surface area contributed by atoms with Gasteiger partial charge < -0.3 is 29.7 Å². The summed E-state index contributed by atoms with van der Waals surface area (Å²) in [5.74, 6) is 0. The first-order chi connectivity index (χ1) is 8.38. The number of amides is 1. The highest BCUT2D eigenvalue weighted by atomic mass is 32.2. The summed E-state index contributed by atoms with van der Waals surface area (Å²) >= 11 is 0.730. The predicted molar refractivity (Wildman–Crippen MR) is 65.2 cm³/mol. The number of carbonyl (C=O) groups is 1. The highest BCUT2D eigenvalue weighted by Crippen LogP contribution is 2.30. The Morgan fingerprint density at radius 3 is 2.44 bits per heavy atom. The number of hydrogen-bond donors (Lipinski definition) is 3. The Kier molecular flexibility index (Phi) is 5.83. The van der Waals surface area contributed by atoms with E-state index in [4.69, 9.17) is 9.47 Å². The fourth-order valence-electron chi connectivity index (χ4n) is 1.57. The first-order valence-electron chi connectivity index (χ1n) is 5.45. The van der Waals surface area contributed by atoms with E-state index < -0.39 is 29.9 Å². The number of methoxy groups -OCH3 is 1. The summed E-state index contributed by atoms with van der Waals surface area (Å²) in [6, 6.07) is 0. The van der Waals surface area contributed by atoms with Crippen molar-refractivity contribution < 1.29 is 29.6 Å². The van der Waals surface area contributed by atoms with E-state index in [1.807, 2.05) is 0 Å². The van der Waals surface area contributed by atoms with Crippen LogP contribution in [0.25, 0.3) is 0 Å². The van der Waals surface area contributed by atoms with Crippen LogP contribution in [0.5, 0.6) is 0 Å². The van der Waals surface area contributed by atoms with Crippen molar-refractivity contribution in [2.45, 2.75) is 29.9 Å². The summed E-state index contributed by atoms with van der Waals surface area (Å²) in [6.45, 7) is 0.0499. The van der Waals surface area contributed by atoms with Crippen molar-refractivity contribution in [1.29, 1.82) is 0 Å². The lowest BCUT2D eigenvalue weighted by Gasteiger charge is -2.39. The largest absolute Gasteiger partial charge is 0.389 e. The van der Waals surface area contributed by atoms with Crippen LogP contribution in [-0.4, -0.2) is 83.1 Å². The monoisotopic (exact) mass is 281 g/mol. The molecule has 106 valence electrons. The average Bonchev–Trinajstić information content (AvgIpc) is 2.31. The van der Waals surface area contributed by atoms with Gasteiger partial charge in [-0.2, -0.15) is 0 Å². The second-order valence-corrected chi connectivity index (χ2v) is 5.37. The Morgan fingerprint density at radius 2 is 1.94 bits per heavy atom. The van der Waals surface area contributed by atoms with Gasteiger partial charge in [-0.1, -0.05) is 11.8 Å². The number of ether oxygens (including phenoxy) is 2. The SMILES string of the molecule is COCC1OC(O)C(SC(=O)N(C)C)C(O)C1O. The highest BCUT2D eigenvalue weighted by Gasteiger charge is 2.45. The maximum Gasteiger partial charge on any atom is 0.281 e. The maximum atomic E-state index is 11.5. The molecule has 1 heterocycles. The van der Waals surface area contributed by atoms with Crippen molar-refractivity contribution in [1.82, 2.24) is 4.90 Å². The van der Waals surface area contributed by atoms with Crippen molar-refractivity contribution >= 4 is 17.0 Å². The molecule has 7 nitrogen and oxygen atoms in total. The average molecular weight is 281 g/mol. The topological polar surface area (TPSA) is 99.5 Å². The van der Waals surface area contributed by atoms with Gasteiger partial charge in [-0.05, 0) is 0 Å². The van der Waals surface area contributed by atoms with Gasteiger partial charge >= 0.3 is 0 Å². The standard InChI is InChI=1S/C10H19NO6S/c1-11(2)10(15)18-8-7(13)6(12)5(4-16-3)17-9(8)14/h5-9,12-14H,4H2,1-3H3. The van der Waals surface area contributed by atoms with E-state index >= 15 is 0 Å². The second kappa shape index (κ2) is 6.69. The molecule has 1 fully saturated rings. The lowest BCUT2D eigenvalue weighted by atomic mass is 10.0. The molecule has 0 aromatic heterocycles. The first kappa shape index (κ1) is 15.7. The van der Waals surface area contributed by atoms with E-state index in [0.717, 1.165) is 11.8 Å². The van der Waals surface area contributed by atoms with Crippen LogP contribution in [0, 0.1) is 0 Å². The molecule has 5 unspecified atom stereocenters. The predicted octanol–water partition coefficient (Wildman–Crippen LogP) is -1.14. The fourth-order valence-corrected chi connectivity index (χ4v) is 2.50. The van der Waals surface area contributed by atoms with E-state index in [0.29, 0.717) is 0 Å². The van der Waals surface area contributed by atoms with Crippen LogP contribution in [0.4, 0.5) is 4.79 Å². The molecule has 0 aromatic rings. The van der Waals surface area contributed by atoms with Gasteiger partial charge in [0.05, 0.1) is 18.0 Å². The van der Waals surface area contributed by atoms with Crippen LogP contribution < -0.4 is 0 Å². The summed E-state index contributed by atoms with van der Waals surface area (Å²) in [5.41, 5.74) is 0. The molecule has 1 aliphatic heterocycles. The van der Waals surface area contributed by atoms with E-state index in [9.17, 15) is 20.1 Å².